The summed E-state index contributed by atoms with van der Waals surface area (Å²) < 4.78 is 46.6. The van der Waals surface area contributed by atoms with Gasteiger partial charge in [-0.05, 0) is 76.3 Å². The number of rotatable bonds is 35. The first-order valence-corrected chi connectivity index (χ1v) is 22.5. The van der Waals surface area contributed by atoms with E-state index in [1.807, 2.05) is 0 Å². The first kappa shape index (κ1) is 51.5. The van der Waals surface area contributed by atoms with Gasteiger partial charge in [-0.1, -0.05) is 160 Å². The van der Waals surface area contributed by atoms with Gasteiger partial charge in [0.1, 0.15) is 10.1 Å². The Morgan fingerprint density at radius 1 is 0.528 bits per heavy atom. The first-order chi connectivity index (χ1) is 25.3. The molecule has 0 N–H and O–H groups in total. The summed E-state index contributed by atoms with van der Waals surface area (Å²) >= 11 is 0. The minimum atomic E-state index is -5.02. The molecule has 7 nitrogen and oxygen atoms in total. The van der Waals surface area contributed by atoms with E-state index in [1.165, 1.54) is 115 Å². The molecule has 1 rings (SSSR count). The molecule has 0 saturated carbocycles. The van der Waals surface area contributed by atoms with Crippen LogP contribution in [0, 0.1) is 0 Å². The minimum Gasteiger partial charge on any atom is -0.744 e. The Hall–Kier alpha value is -1.45. The van der Waals surface area contributed by atoms with Crippen LogP contribution in [0.25, 0.3) is 0 Å². The van der Waals surface area contributed by atoms with Crippen molar-refractivity contribution in [2.75, 3.05) is 13.2 Å². The number of ether oxygens (including phenoxy) is 2. The molecule has 0 radical (unpaired) electrons. The number of esters is 2. The number of unbranched alkanes of at least 4 members (excludes halogenated alkanes) is 24. The maximum absolute atomic E-state index is 13.0. The zero-order chi connectivity index (χ0) is 38.0. The zero-order valence-corrected chi connectivity index (χ0v) is 36.8. The summed E-state index contributed by atoms with van der Waals surface area (Å²) in [5, 5.41) is 0. The van der Waals surface area contributed by atoms with E-state index < -0.39 is 32.5 Å². The second-order valence-electron chi connectivity index (χ2n) is 14.3. The largest absolute Gasteiger partial charge is 1.00 e. The first-order valence-electron chi connectivity index (χ1n) is 21.1. The Morgan fingerprint density at radius 3 is 1.25 bits per heavy atom. The molecule has 0 fully saturated rings. The van der Waals surface area contributed by atoms with Crippen LogP contribution in [-0.4, -0.2) is 38.1 Å². The molecule has 0 aliphatic rings. The monoisotopic (exact) mass is 768 g/mol. The summed E-state index contributed by atoms with van der Waals surface area (Å²) in [6, 6.07) is 3.60. The van der Waals surface area contributed by atoms with Crippen LogP contribution in [0.5, 0.6) is 0 Å². The van der Waals surface area contributed by atoms with Gasteiger partial charge in [-0.3, -0.25) is 0 Å². The fraction of sp³-hybridized carbons (Fsp3) is 0.727. The van der Waals surface area contributed by atoms with Crippen molar-refractivity contribution in [2.24, 2.45) is 0 Å². The Kier molecular flexibility index (Phi) is 35.2. The standard InChI is InChI=1S/C44H74O7S.Na/c1-3-5-7-9-11-13-15-17-19-21-23-25-27-29-31-33-38-50-43(45)40-36-35-37-41(52(47,48)49)42(40)44(46)51-39-34-32-30-28-26-24-22-20-18-16-14-12-10-8-6-4-2;/h21-24,35-37H,3-20,25-34,38-39H2,1-2H3,(H,47,48,49);/q;+1/p-1/b23-21+,24-22+;. The second-order valence-corrected chi connectivity index (χ2v) is 15.6. The van der Waals surface area contributed by atoms with Gasteiger partial charge in [-0.2, -0.15) is 0 Å². The van der Waals surface area contributed by atoms with Crippen LogP contribution in [0.1, 0.15) is 214 Å². The third-order valence-corrected chi connectivity index (χ3v) is 10.4. The van der Waals surface area contributed by atoms with Crippen molar-refractivity contribution in [1.29, 1.82) is 0 Å². The summed E-state index contributed by atoms with van der Waals surface area (Å²) in [4.78, 5) is 25.1. The molecule has 0 saturated heterocycles. The van der Waals surface area contributed by atoms with Crippen LogP contribution in [0.3, 0.4) is 0 Å². The van der Waals surface area contributed by atoms with Gasteiger partial charge >= 0.3 is 41.5 Å². The SMILES string of the molecule is CCCCCCCCCC/C=C/CCCCCCOC(=O)c1cccc(S(=O)(=O)[O-])c1C(=O)OCCCCCC/C=C/CCCCCCCCCC.[Na+]. The maximum atomic E-state index is 13.0. The predicted molar refractivity (Wildman–Crippen MR) is 214 cm³/mol. The smallest absolute Gasteiger partial charge is 0.744 e. The number of carbonyl (C=O) groups excluding carboxylic acids is 2. The van der Waals surface area contributed by atoms with Gasteiger partial charge < -0.3 is 14.0 Å². The maximum Gasteiger partial charge on any atom is 1.00 e. The van der Waals surface area contributed by atoms with Crippen molar-refractivity contribution in [1.82, 2.24) is 0 Å². The van der Waals surface area contributed by atoms with Crippen LogP contribution in [0.2, 0.25) is 0 Å². The molecule has 9 heteroatoms. The van der Waals surface area contributed by atoms with Crippen LogP contribution in [0.4, 0.5) is 0 Å². The van der Waals surface area contributed by atoms with E-state index in [1.54, 1.807) is 0 Å². The van der Waals surface area contributed by atoms with Crippen molar-refractivity contribution in [2.45, 2.75) is 199 Å². The van der Waals surface area contributed by atoms with Gasteiger partial charge in [0.05, 0.1) is 29.2 Å². The van der Waals surface area contributed by atoms with E-state index >= 15 is 0 Å². The molecule has 1 aromatic rings. The number of allylic oxidation sites excluding steroid dienone is 4. The van der Waals surface area contributed by atoms with E-state index in [2.05, 4.69) is 38.2 Å². The fourth-order valence-corrected chi connectivity index (χ4v) is 6.99. The van der Waals surface area contributed by atoms with Crippen LogP contribution >= 0.6 is 0 Å². The summed E-state index contributed by atoms with van der Waals surface area (Å²) in [7, 11) is -5.02. The Bertz CT molecular complexity index is 1210. The van der Waals surface area contributed by atoms with Crippen molar-refractivity contribution >= 4 is 22.1 Å². The molecule has 0 amide bonds. The molecular formula is C44H73NaO7S. The van der Waals surface area contributed by atoms with Crippen molar-refractivity contribution in [3.8, 4) is 0 Å². The molecule has 0 aromatic heterocycles. The van der Waals surface area contributed by atoms with Crippen LogP contribution < -0.4 is 29.6 Å². The average Bonchev–Trinajstić information content (AvgIpc) is 3.13. The molecule has 0 aliphatic carbocycles. The van der Waals surface area contributed by atoms with Crippen molar-refractivity contribution in [3.63, 3.8) is 0 Å². The van der Waals surface area contributed by atoms with Crippen molar-refractivity contribution in [3.05, 3.63) is 53.6 Å². The molecule has 0 heterocycles. The van der Waals surface area contributed by atoms with Gasteiger partial charge in [-0.25, -0.2) is 18.0 Å². The van der Waals surface area contributed by atoms with Crippen LogP contribution in [0.15, 0.2) is 47.4 Å². The predicted octanol–water partition coefficient (Wildman–Crippen LogP) is 9.98. The Balaban J connectivity index is 0.0000270. The van der Waals surface area contributed by atoms with Gasteiger partial charge in [0, 0.05) is 0 Å². The van der Waals surface area contributed by atoms with Gasteiger partial charge in [0.15, 0.2) is 0 Å². The fourth-order valence-electron chi connectivity index (χ4n) is 6.30. The molecule has 0 bridgehead atoms. The normalized spacial score (nSPS) is 11.7. The number of carbonyl (C=O) groups is 2. The number of benzene rings is 1. The summed E-state index contributed by atoms with van der Waals surface area (Å²) in [5.74, 6) is -1.84. The molecule has 0 atom stereocenters. The zero-order valence-electron chi connectivity index (χ0n) is 34.0. The summed E-state index contributed by atoms with van der Waals surface area (Å²) in [6.45, 7) is 4.71. The Morgan fingerprint density at radius 2 is 0.868 bits per heavy atom. The van der Waals surface area contributed by atoms with E-state index in [0.29, 0.717) is 12.8 Å². The molecule has 0 aliphatic heterocycles. The molecular weight excluding hydrogens is 696 g/mol. The van der Waals surface area contributed by atoms with Gasteiger partial charge in [0.2, 0.25) is 0 Å². The van der Waals surface area contributed by atoms with Gasteiger partial charge in [-0.15, -0.1) is 0 Å². The second kappa shape index (κ2) is 36.2. The van der Waals surface area contributed by atoms with E-state index in [9.17, 15) is 22.6 Å². The van der Waals surface area contributed by atoms with Gasteiger partial charge in [0.25, 0.3) is 0 Å². The van der Waals surface area contributed by atoms with Crippen LogP contribution in [-0.2, 0) is 19.6 Å². The van der Waals surface area contributed by atoms with Crippen molar-refractivity contribution < 1.29 is 61.6 Å². The third-order valence-electron chi connectivity index (χ3n) is 9.50. The molecule has 0 unspecified atom stereocenters. The summed E-state index contributed by atoms with van der Waals surface area (Å²) in [6.07, 6.45) is 41.8. The third kappa shape index (κ3) is 28.6. The Labute approximate surface area is 347 Å². The van der Waals surface area contributed by atoms with E-state index in [4.69, 9.17) is 9.47 Å². The quantitative estimate of drug-likeness (QED) is 0.0222. The molecule has 298 valence electrons. The molecule has 53 heavy (non-hydrogen) atoms. The van der Waals surface area contributed by atoms with E-state index in [0.717, 1.165) is 70.3 Å². The molecule has 1 aromatic carbocycles. The number of hydrogen-bond donors (Lipinski definition) is 0. The molecule has 0 spiro atoms. The topological polar surface area (TPSA) is 110 Å². The average molecular weight is 769 g/mol. The minimum absolute atomic E-state index is 0. The number of hydrogen-bond acceptors (Lipinski definition) is 7. The van der Waals surface area contributed by atoms with E-state index in [-0.39, 0.29) is 48.3 Å². The summed E-state index contributed by atoms with van der Waals surface area (Å²) in [5.41, 5.74) is -0.801.